The van der Waals surface area contributed by atoms with E-state index in [0.29, 0.717) is 5.91 Å². The van der Waals surface area contributed by atoms with Gasteiger partial charge in [-0.3, -0.25) is 4.79 Å². The molecule has 0 aliphatic carbocycles. The van der Waals surface area contributed by atoms with E-state index >= 15 is 0 Å². The maximum Gasteiger partial charge on any atom is 0.228 e. The predicted molar refractivity (Wildman–Crippen MR) is 64.2 cm³/mol. The lowest BCUT2D eigenvalue weighted by Crippen LogP contribution is -2.53. The second-order valence-electron chi connectivity index (χ2n) is 4.93. The van der Waals surface area contributed by atoms with Gasteiger partial charge in [0.15, 0.2) is 0 Å². The van der Waals surface area contributed by atoms with Crippen LogP contribution in [-0.2, 0) is 4.79 Å². The summed E-state index contributed by atoms with van der Waals surface area (Å²) in [6.45, 7) is 8.00. The van der Waals surface area contributed by atoms with E-state index in [1.54, 1.807) is 0 Å². The van der Waals surface area contributed by atoms with E-state index in [-0.39, 0.29) is 5.92 Å². The Balaban J connectivity index is 1.69. The van der Waals surface area contributed by atoms with Crippen LogP contribution < -0.4 is 10.6 Å². The molecule has 0 spiro atoms. The molecule has 4 heteroatoms. The smallest absolute Gasteiger partial charge is 0.228 e. The molecule has 16 heavy (non-hydrogen) atoms. The van der Waals surface area contributed by atoms with E-state index in [9.17, 15) is 4.79 Å². The molecular formula is C12H23N3O. The molecule has 4 nitrogen and oxygen atoms in total. The Morgan fingerprint density at radius 2 is 2.06 bits per heavy atom. The van der Waals surface area contributed by atoms with Gasteiger partial charge in [0, 0.05) is 26.2 Å². The number of rotatable bonds is 4. The average molecular weight is 225 g/mol. The number of likely N-dealkylation sites (tertiary alicyclic amines) is 1. The fourth-order valence-electron chi connectivity index (χ4n) is 2.43. The van der Waals surface area contributed by atoms with Crippen LogP contribution in [0.2, 0.25) is 0 Å². The van der Waals surface area contributed by atoms with Gasteiger partial charge in [-0.2, -0.15) is 0 Å². The number of carbonyl (C=O) groups is 1. The number of hydrogen-bond donors (Lipinski definition) is 2. The van der Waals surface area contributed by atoms with E-state index in [1.165, 1.54) is 12.8 Å². The number of nitrogens with zero attached hydrogens (tertiary/aromatic N) is 1. The second-order valence-corrected chi connectivity index (χ2v) is 4.93. The Kier molecular flexibility index (Phi) is 4.18. The molecule has 2 saturated heterocycles. The maximum atomic E-state index is 12.0. The Labute approximate surface area is 97.8 Å². The number of hydrogen-bond acceptors (Lipinski definition) is 3. The Morgan fingerprint density at radius 3 is 2.56 bits per heavy atom. The molecular weight excluding hydrogens is 202 g/mol. The van der Waals surface area contributed by atoms with Crippen LogP contribution in [0.4, 0.5) is 0 Å². The van der Waals surface area contributed by atoms with Gasteiger partial charge in [-0.15, -0.1) is 0 Å². The minimum absolute atomic E-state index is 0.269. The van der Waals surface area contributed by atoms with Gasteiger partial charge in [0.25, 0.3) is 0 Å². The monoisotopic (exact) mass is 225 g/mol. The maximum absolute atomic E-state index is 12.0. The third-order valence-corrected chi connectivity index (χ3v) is 3.74. The third kappa shape index (κ3) is 2.74. The summed E-state index contributed by atoms with van der Waals surface area (Å²) in [5.41, 5.74) is 0. The lowest BCUT2D eigenvalue weighted by molar-refractivity contribution is -0.138. The van der Waals surface area contributed by atoms with Crippen LogP contribution in [0.15, 0.2) is 0 Å². The topological polar surface area (TPSA) is 44.4 Å². The number of amides is 1. The number of piperidine rings is 1. The number of nitrogens with one attached hydrogen (secondary N) is 2. The zero-order valence-corrected chi connectivity index (χ0v) is 10.2. The normalized spacial score (nSPS) is 23.2. The van der Waals surface area contributed by atoms with Crippen molar-refractivity contribution in [1.29, 1.82) is 0 Å². The standard InChI is InChI=1S/C12H23N3O/c1-2-13-7-10-3-5-15(6-4-10)12(16)11-8-14-9-11/h10-11,13-14H,2-9H2,1H3. The van der Waals surface area contributed by atoms with Gasteiger partial charge >= 0.3 is 0 Å². The van der Waals surface area contributed by atoms with Crippen molar-refractivity contribution >= 4 is 5.91 Å². The zero-order chi connectivity index (χ0) is 11.4. The Hall–Kier alpha value is -0.610. The summed E-state index contributed by atoms with van der Waals surface area (Å²) in [7, 11) is 0. The highest BCUT2D eigenvalue weighted by Crippen LogP contribution is 2.19. The highest BCUT2D eigenvalue weighted by Gasteiger charge is 2.31. The molecule has 92 valence electrons. The van der Waals surface area contributed by atoms with Crippen LogP contribution in [0.25, 0.3) is 0 Å². The van der Waals surface area contributed by atoms with E-state index in [1.807, 2.05) is 0 Å². The second kappa shape index (κ2) is 5.64. The zero-order valence-electron chi connectivity index (χ0n) is 10.2. The van der Waals surface area contributed by atoms with Crippen molar-refractivity contribution in [2.75, 3.05) is 39.3 Å². The van der Waals surface area contributed by atoms with Crippen LogP contribution in [0.5, 0.6) is 0 Å². The molecule has 0 unspecified atom stereocenters. The van der Waals surface area contributed by atoms with Crippen molar-refractivity contribution in [2.45, 2.75) is 19.8 Å². The predicted octanol–water partition coefficient (Wildman–Crippen LogP) is 0.0539. The summed E-state index contributed by atoms with van der Waals surface area (Å²) in [4.78, 5) is 14.0. The minimum Gasteiger partial charge on any atom is -0.342 e. The molecule has 0 aromatic rings. The highest BCUT2D eigenvalue weighted by molar-refractivity contribution is 5.80. The van der Waals surface area contributed by atoms with Crippen molar-refractivity contribution in [2.24, 2.45) is 11.8 Å². The van der Waals surface area contributed by atoms with Gasteiger partial charge in [0.2, 0.25) is 5.91 Å². The molecule has 2 aliphatic rings. The molecule has 0 aromatic heterocycles. The van der Waals surface area contributed by atoms with Gasteiger partial charge in [-0.1, -0.05) is 6.92 Å². The van der Waals surface area contributed by atoms with E-state index < -0.39 is 0 Å². The Bertz CT molecular complexity index is 232. The van der Waals surface area contributed by atoms with E-state index in [2.05, 4.69) is 22.5 Å². The third-order valence-electron chi connectivity index (χ3n) is 3.74. The first-order valence-electron chi connectivity index (χ1n) is 6.51. The van der Waals surface area contributed by atoms with E-state index in [4.69, 9.17) is 0 Å². The highest BCUT2D eigenvalue weighted by atomic mass is 16.2. The first-order chi connectivity index (χ1) is 7.81. The van der Waals surface area contributed by atoms with Crippen LogP contribution in [0.3, 0.4) is 0 Å². The fraction of sp³-hybridized carbons (Fsp3) is 0.917. The average Bonchev–Trinajstić information content (AvgIpc) is 2.24. The van der Waals surface area contributed by atoms with Crippen LogP contribution in [0.1, 0.15) is 19.8 Å². The Morgan fingerprint density at radius 1 is 1.38 bits per heavy atom. The minimum atomic E-state index is 0.269. The molecule has 2 aliphatic heterocycles. The van der Waals surface area contributed by atoms with Gasteiger partial charge in [-0.05, 0) is 31.8 Å². The largest absolute Gasteiger partial charge is 0.342 e. The van der Waals surface area contributed by atoms with Gasteiger partial charge in [0.1, 0.15) is 0 Å². The lowest BCUT2D eigenvalue weighted by atomic mass is 9.94. The molecule has 0 saturated carbocycles. The van der Waals surface area contributed by atoms with Crippen molar-refractivity contribution in [3.63, 3.8) is 0 Å². The van der Waals surface area contributed by atoms with Crippen molar-refractivity contribution < 1.29 is 4.79 Å². The van der Waals surface area contributed by atoms with Gasteiger partial charge in [0.05, 0.1) is 5.92 Å². The van der Waals surface area contributed by atoms with Crippen molar-refractivity contribution in [3.8, 4) is 0 Å². The molecule has 1 amide bonds. The molecule has 0 aromatic carbocycles. The molecule has 0 atom stereocenters. The first kappa shape index (κ1) is 11.9. The quantitative estimate of drug-likeness (QED) is 0.711. The van der Waals surface area contributed by atoms with Crippen LogP contribution in [0, 0.1) is 11.8 Å². The summed E-state index contributed by atoms with van der Waals surface area (Å²) >= 11 is 0. The van der Waals surface area contributed by atoms with Crippen LogP contribution in [-0.4, -0.2) is 50.1 Å². The SMILES string of the molecule is CCNCC1CCN(C(=O)C2CNC2)CC1. The van der Waals surface area contributed by atoms with E-state index in [0.717, 1.165) is 45.2 Å². The summed E-state index contributed by atoms with van der Waals surface area (Å²) in [5, 5.41) is 6.55. The summed E-state index contributed by atoms with van der Waals surface area (Å²) in [6.07, 6.45) is 2.33. The molecule has 2 heterocycles. The molecule has 2 fully saturated rings. The molecule has 2 N–H and O–H groups in total. The number of carbonyl (C=O) groups excluding carboxylic acids is 1. The first-order valence-corrected chi connectivity index (χ1v) is 6.51. The van der Waals surface area contributed by atoms with Crippen molar-refractivity contribution in [1.82, 2.24) is 15.5 Å². The lowest BCUT2D eigenvalue weighted by Gasteiger charge is -2.37. The summed E-state index contributed by atoms with van der Waals surface area (Å²) in [5.74, 6) is 1.41. The van der Waals surface area contributed by atoms with Crippen LogP contribution >= 0.6 is 0 Å². The fourth-order valence-corrected chi connectivity index (χ4v) is 2.43. The van der Waals surface area contributed by atoms with Gasteiger partial charge < -0.3 is 15.5 Å². The summed E-state index contributed by atoms with van der Waals surface area (Å²) in [6, 6.07) is 0. The molecule has 2 rings (SSSR count). The van der Waals surface area contributed by atoms with Crippen molar-refractivity contribution in [3.05, 3.63) is 0 Å². The van der Waals surface area contributed by atoms with Gasteiger partial charge in [-0.25, -0.2) is 0 Å². The molecule has 0 radical (unpaired) electrons. The summed E-state index contributed by atoms with van der Waals surface area (Å²) < 4.78 is 0. The molecule has 0 bridgehead atoms.